The summed E-state index contributed by atoms with van der Waals surface area (Å²) in [7, 11) is 0. The molecule has 0 atom stereocenters. The minimum Gasteiger partial charge on any atom is -0.229 e. The number of aromatic nitrogens is 2. The van der Waals surface area contributed by atoms with Crippen LogP contribution in [0.4, 0.5) is 0 Å². The molecule has 0 aliphatic carbocycles. The van der Waals surface area contributed by atoms with Crippen LogP contribution in [-0.2, 0) is 6.42 Å². The maximum atomic E-state index is 6.04. The van der Waals surface area contributed by atoms with Crippen LogP contribution in [0.3, 0.4) is 0 Å². The largest absolute Gasteiger partial charge is 0.229 e. The SMILES string of the molecule is CCc1c(Cl)ncnc1Sc1ccc(Cl)c(Cl)c1. The zero-order valence-corrected chi connectivity index (χ0v) is 12.5. The fraction of sp³-hybridized carbons (Fsp3) is 0.167. The molecule has 2 aromatic rings. The van der Waals surface area contributed by atoms with Gasteiger partial charge in [-0.05, 0) is 24.6 Å². The number of halogens is 3. The number of hydrogen-bond donors (Lipinski definition) is 0. The van der Waals surface area contributed by atoms with Crippen molar-refractivity contribution in [3.05, 3.63) is 45.3 Å². The molecule has 0 radical (unpaired) electrons. The predicted molar refractivity (Wildman–Crippen MR) is 77.0 cm³/mol. The Kier molecular flexibility index (Phi) is 4.73. The van der Waals surface area contributed by atoms with Crippen molar-refractivity contribution in [1.82, 2.24) is 9.97 Å². The van der Waals surface area contributed by atoms with E-state index in [-0.39, 0.29) is 0 Å². The second-order valence-electron chi connectivity index (χ2n) is 3.48. The minimum absolute atomic E-state index is 0.495. The Morgan fingerprint density at radius 2 is 1.89 bits per heavy atom. The molecule has 1 heterocycles. The van der Waals surface area contributed by atoms with Gasteiger partial charge in [0.1, 0.15) is 16.5 Å². The first kappa shape index (κ1) is 13.9. The Labute approximate surface area is 125 Å². The molecule has 6 heteroatoms. The molecule has 1 aromatic heterocycles. The number of hydrogen-bond acceptors (Lipinski definition) is 3. The lowest BCUT2D eigenvalue weighted by molar-refractivity contribution is 0.944. The number of benzene rings is 1. The molecule has 0 N–H and O–H groups in total. The van der Waals surface area contributed by atoms with Crippen molar-refractivity contribution in [3.8, 4) is 0 Å². The second-order valence-corrected chi connectivity index (χ2v) is 5.71. The Bertz CT molecular complexity index is 575. The fourth-order valence-electron chi connectivity index (χ4n) is 1.41. The lowest BCUT2D eigenvalue weighted by Crippen LogP contribution is -1.93. The van der Waals surface area contributed by atoms with Crippen LogP contribution < -0.4 is 0 Å². The summed E-state index contributed by atoms with van der Waals surface area (Å²) in [5.41, 5.74) is 0.940. The van der Waals surface area contributed by atoms with Crippen molar-refractivity contribution in [1.29, 1.82) is 0 Å². The fourth-order valence-corrected chi connectivity index (χ4v) is 3.10. The Morgan fingerprint density at radius 3 is 2.56 bits per heavy atom. The summed E-state index contributed by atoms with van der Waals surface area (Å²) in [5, 5.41) is 2.41. The molecular formula is C12H9Cl3N2S. The van der Waals surface area contributed by atoms with E-state index >= 15 is 0 Å². The quantitative estimate of drug-likeness (QED) is 0.732. The number of rotatable bonds is 3. The van der Waals surface area contributed by atoms with Crippen molar-refractivity contribution in [2.45, 2.75) is 23.3 Å². The van der Waals surface area contributed by atoms with Crippen LogP contribution in [0, 0.1) is 0 Å². The predicted octanol–water partition coefficient (Wildman–Crippen LogP) is 5.15. The second kappa shape index (κ2) is 6.11. The Hall–Kier alpha value is -0.480. The lowest BCUT2D eigenvalue weighted by atomic mass is 10.3. The molecule has 0 bridgehead atoms. The molecule has 2 nitrogen and oxygen atoms in total. The maximum absolute atomic E-state index is 6.04. The topological polar surface area (TPSA) is 25.8 Å². The van der Waals surface area contributed by atoms with Gasteiger partial charge >= 0.3 is 0 Å². The van der Waals surface area contributed by atoms with Crippen molar-refractivity contribution in [2.24, 2.45) is 0 Å². The molecule has 0 amide bonds. The van der Waals surface area contributed by atoms with Crippen LogP contribution in [0.2, 0.25) is 15.2 Å². The zero-order chi connectivity index (χ0) is 13.1. The zero-order valence-electron chi connectivity index (χ0n) is 9.45. The van der Waals surface area contributed by atoms with Crippen LogP contribution in [0.1, 0.15) is 12.5 Å². The maximum Gasteiger partial charge on any atom is 0.136 e. The van der Waals surface area contributed by atoms with Crippen molar-refractivity contribution >= 4 is 46.6 Å². The third kappa shape index (κ3) is 3.09. The van der Waals surface area contributed by atoms with Gasteiger partial charge in [0.15, 0.2) is 0 Å². The lowest BCUT2D eigenvalue weighted by Gasteiger charge is -2.07. The van der Waals surface area contributed by atoms with E-state index in [4.69, 9.17) is 34.8 Å². The normalized spacial score (nSPS) is 10.7. The van der Waals surface area contributed by atoms with Crippen molar-refractivity contribution < 1.29 is 0 Å². The third-order valence-corrected chi connectivity index (χ3v) is 4.41. The Morgan fingerprint density at radius 1 is 1.11 bits per heavy atom. The van der Waals surface area contributed by atoms with Gasteiger partial charge < -0.3 is 0 Å². The first-order valence-corrected chi connectivity index (χ1v) is 7.19. The van der Waals surface area contributed by atoms with Gasteiger partial charge in [0.2, 0.25) is 0 Å². The van der Waals surface area contributed by atoms with Crippen LogP contribution in [0.15, 0.2) is 34.4 Å². The van der Waals surface area contributed by atoms with Crippen molar-refractivity contribution in [2.75, 3.05) is 0 Å². The van der Waals surface area contributed by atoms with E-state index in [1.807, 2.05) is 19.1 Å². The van der Waals surface area contributed by atoms with Crippen LogP contribution in [0.5, 0.6) is 0 Å². The highest BCUT2D eigenvalue weighted by molar-refractivity contribution is 7.99. The highest BCUT2D eigenvalue weighted by Gasteiger charge is 2.10. The summed E-state index contributed by atoms with van der Waals surface area (Å²) in [6.45, 7) is 2.02. The molecular weight excluding hydrogens is 311 g/mol. The van der Waals surface area contributed by atoms with Gasteiger partial charge in [0, 0.05) is 10.5 Å². The smallest absolute Gasteiger partial charge is 0.136 e. The molecule has 0 unspecified atom stereocenters. The van der Waals surface area contributed by atoms with E-state index < -0.39 is 0 Å². The van der Waals surface area contributed by atoms with E-state index in [0.717, 1.165) is 21.9 Å². The molecule has 0 aliphatic rings. The van der Waals surface area contributed by atoms with E-state index in [1.54, 1.807) is 6.07 Å². The molecule has 1 aromatic carbocycles. The average Bonchev–Trinajstić information content (AvgIpc) is 2.34. The monoisotopic (exact) mass is 318 g/mol. The van der Waals surface area contributed by atoms with E-state index in [1.165, 1.54) is 18.1 Å². The van der Waals surface area contributed by atoms with Crippen molar-refractivity contribution in [3.63, 3.8) is 0 Å². The van der Waals surface area contributed by atoms with Gasteiger partial charge in [-0.1, -0.05) is 53.5 Å². The third-order valence-electron chi connectivity index (χ3n) is 2.31. The van der Waals surface area contributed by atoms with Crippen LogP contribution in [-0.4, -0.2) is 9.97 Å². The molecule has 18 heavy (non-hydrogen) atoms. The van der Waals surface area contributed by atoms with E-state index in [0.29, 0.717) is 15.2 Å². The van der Waals surface area contributed by atoms with Gasteiger partial charge in [-0.3, -0.25) is 0 Å². The average molecular weight is 320 g/mol. The summed E-state index contributed by atoms with van der Waals surface area (Å²) in [6.07, 6.45) is 2.24. The summed E-state index contributed by atoms with van der Waals surface area (Å²) < 4.78 is 0. The molecule has 94 valence electrons. The number of nitrogens with zero attached hydrogens (tertiary/aromatic N) is 2. The summed E-state index contributed by atoms with van der Waals surface area (Å²) in [5.74, 6) is 0. The van der Waals surface area contributed by atoms with Gasteiger partial charge in [-0.15, -0.1) is 0 Å². The molecule has 0 saturated carbocycles. The van der Waals surface area contributed by atoms with Crippen LogP contribution in [0.25, 0.3) is 0 Å². The van der Waals surface area contributed by atoms with E-state index in [9.17, 15) is 0 Å². The van der Waals surface area contributed by atoms with Crippen LogP contribution >= 0.6 is 46.6 Å². The van der Waals surface area contributed by atoms with E-state index in [2.05, 4.69) is 9.97 Å². The standard InChI is InChI=1S/C12H9Cl3N2S/c1-2-8-11(15)16-6-17-12(8)18-7-3-4-9(13)10(14)5-7/h3-6H,2H2,1H3. The first-order chi connectivity index (χ1) is 8.61. The molecule has 0 fully saturated rings. The van der Waals surface area contributed by atoms with Gasteiger partial charge in [0.25, 0.3) is 0 Å². The molecule has 2 rings (SSSR count). The van der Waals surface area contributed by atoms with Gasteiger partial charge in [-0.2, -0.15) is 0 Å². The highest BCUT2D eigenvalue weighted by atomic mass is 35.5. The molecule has 0 spiro atoms. The first-order valence-electron chi connectivity index (χ1n) is 5.24. The minimum atomic E-state index is 0.495. The van der Waals surface area contributed by atoms with Gasteiger partial charge in [0.05, 0.1) is 10.0 Å². The molecule has 0 aliphatic heterocycles. The summed E-state index contributed by atoms with van der Waals surface area (Å²) in [6, 6.07) is 5.47. The molecule has 0 saturated heterocycles. The highest BCUT2D eigenvalue weighted by Crippen LogP contribution is 2.34. The Balaban J connectivity index is 2.34. The summed E-state index contributed by atoms with van der Waals surface area (Å²) in [4.78, 5) is 9.19. The summed E-state index contributed by atoms with van der Waals surface area (Å²) >= 11 is 19.4. The van der Waals surface area contributed by atoms with Gasteiger partial charge in [-0.25, -0.2) is 9.97 Å².